The zero-order valence-corrected chi connectivity index (χ0v) is 13.7. The van der Waals surface area contributed by atoms with Crippen LogP contribution in [0.2, 0.25) is 0 Å². The molecular weight excluding hydrogens is 278 g/mol. The smallest absolute Gasteiger partial charge is 0.0872 e. The fraction of sp³-hybridized carbons (Fsp3) is 0.556. The lowest BCUT2D eigenvalue weighted by molar-refractivity contribution is -0.0225. The van der Waals surface area contributed by atoms with Crippen molar-refractivity contribution in [3.8, 4) is 0 Å². The molecule has 0 saturated heterocycles. The van der Waals surface area contributed by atoms with Crippen LogP contribution < -0.4 is 5.73 Å². The van der Waals surface area contributed by atoms with Crippen LogP contribution in [-0.4, -0.2) is 11.7 Å². The molecule has 1 aromatic carbocycles. The van der Waals surface area contributed by atoms with Crippen molar-refractivity contribution in [1.29, 1.82) is 0 Å². The summed E-state index contributed by atoms with van der Waals surface area (Å²) in [5.41, 5.74) is 7.42. The Morgan fingerprint density at radius 3 is 2.52 bits per heavy atom. The molecule has 0 bridgehead atoms. The molecule has 0 amide bonds. The van der Waals surface area contributed by atoms with Crippen molar-refractivity contribution < 1.29 is 5.11 Å². The number of hydrogen-bond acceptors (Lipinski definition) is 3. The SMILES string of the molecule is CC1(C)CCC(CN)(C(O)c2csc3ccccc23)CC1. The van der Waals surface area contributed by atoms with E-state index < -0.39 is 6.10 Å². The van der Waals surface area contributed by atoms with E-state index in [2.05, 4.69) is 37.4 Å². The van der Waals surface area contributed by atoms with Crippen LogP contribution in [0.25, 0.3) is 10.1 Å². The quantitative estimate of drug-likeness (QED) is 0.878. The molecule has 1 atom stereocenters. The molecule has 1 saturated carbocycles. The molecule has 0 radical (unpaired) electrons. The number of rotatable bonds is 3. The fourth-order valence-electron chi connectivity index (χ4n) is 3.55. The van der Waals surface area contributed by atoms with Gasteiger partial charge in [-0.05, 0) is 53.5 Å². The van der Waals surface area contributed by atoms with Crippen LogP contribution in [0, 0.1) is 10.8 Å². The lowest BCUT2D eigenvalue weighted by Gasteiger charge is -2.45. The molecule has 3 N–H and O–H groups in total. The van der Waals surface area contributed by atoms with Crippen LogP contribution in [0.5, 0.6) is 0 Å². The van der Waals surface area contributed by atoms with Crippen molar-refractivity contribution in [1.82, 2.24) is 0 Å². The molecule has 2 nitrogen and oxygen atoms in total. The van der Waals surface area contributed by atoms with Gasteiger partial charge in [0.05, 0.1) is 6.10 Å². The highest BCUT2D eigenvalue weighted by atomic mass is 32.1. The second-order valence-corrected chi connectivity index (χ2v) is 8.23. The van der Waals surface area contributed by atoms with E-state index in [9.17, 15) is 5.11 Å². The van der Waals surface area contributed by atoms with E-state index in [0.717, 1.165) is 31.2 Å². The fourth-order valence-corrected chi connectivity index (χ4v) is 4.53. The van der Waals surface area contributed by atoms with Crippen LogP contribution in [0.4, 0.5) is 0 Å². The largest absolute Gasteiger partial charge is 0.388 e. The molecule has 3 heteroatoms. The van der Waals surface area contributed by atoms with E-state index in [0.29, 0.717) is 12.0 Å². The second-order valence-electron chi connectivity index (χ2n) is 7.32. The number of aliphatic hydroxyl groups excluding tert-OH is 1. The van der Waals surface area contributed by atoms with E-state index in [1.54, 1.807) is 11.3 Å². The number of aliphatic hydroxyl groups is 1. The first kappa shape index (κ1) is 15.0. The van der Waals surface area contributed by atoms with Gasteiger partial charge in [0.1, 0.15) is 0 Å². The number of thiophene rings is 1. The number of nitrogens with two attached hydrogens (primary N) is 1. The van der Waals surface area contributed by atoms with Gasteiger partial charge in [-0.3, -0.25) is 0 Å². The Balaban J connectivity index is 1.94. The predicted molar refractivity (Wildman–Crippen MR) is 90.5 cm³/mol. The summed E-state index contributed by atoms with van der Waals surface area (Å²) >= 11 is 1.71. The maximum atomic E-state index is 11.1. The predicted octanol–water partition coefficient (Wildman–Crippen LogP) is 4.48. The van der Waals surface area contributed by atoms with Gasteiger partial charge in [-0.25, -0.2) is 0 Å². The molecule has 0 aliphatic heterocycles. The van der Waals surface area contributed by atoms with Crippen molar-refractivity contribution in [3.05, 3.63) is 35.2 Å². The standard InChI is InChI=1S/C18H25NOS/c1-17(2)7-9-18(12-19,10-8-17)16(20)14-11-21-15-6-4-3-5-13(14)15/h3-6,11,16,20H,7-10,12,19H2,1-2H3. The van der Waals surface area contributed by atoms with Gasteiger partial charge < -0.3 is 10.8 Å². The maximum absolute atomic E-state index is 11.1. The van der Waals surface area contributed by atoms with Crippen molar-refractivity contribution in [2.24, 2.45) is 16.6 Å². The Labute approximate surface area is 131 Å². The summed E-state index contributed by atoms with van der Waals surface area (Å²) in [5, 5.41) is 14.4. The summed E-state index contributed by atoms with van der Waals surface area (Å²) in [4.78, 5) is 0. The molecule has 2 aromatic rings. The molecule has 1 aliphatic carbocycles. The van der Waals surface area contributed by atoms with Crippen molar-refractivity contribution >= 4 is 21.4 Å². The Bertz CT molecular complexity index is 621. The molecule has 21 heavy (non-hydrogen) atoms. The molecule has 114 valence electrons. The molecule has 1 unspecified atom stereocenters. The van der Waals surface area contributed by atoms with E-state index in [1.165, 1.54) is 10.1 Å². The molecule has 3 rings (SSSR count). The maximum Gasteiger partial charge on any atom is 0.0872 e. The first-order chi connectivity index (χ1) is 9.97. The number of fused-ring (bicyclic) bond motifs is 1. The van der Waals surface area contributed by atoms with Gasteiger partial charge in [-0.1, -0.05) is 32.0 Å². The minimum absolute atomic E-state index is 0.153. The summed E-state index contributed by atoms with van der Waals surface area (Å²) < 4.78 is 1.25. The van der Waals surface area contributed by atoms with E-state index in [1.807, 2.05) is 6.07 Å². The highest BCUT2D eigenvalue weighted by molar-refractivity contribution is 7.17. The monoisotopic (exact) mass is 303 g/mol. The number of benzene rings is 1. The van der Waals surface area contributed by atoms with Crippen molar-refractivity contribution in [2.75, 3.05) is 6.54 Å². The second kappa shape index (κ2) is 5.38. The normalized spacial score (nSPS) is 22.3. The van der Waals surface area contributed by atoms with Gasteiger partial charge in [0.15, 0.2) is 0 Å². The highest BCUT2D eigenvalue weighted by Gasteiger charge is 2.43. The summed E-state index contributed by atoms with van der Waals surface area (Å²) in [6.45, 7) is 5.20. The van der Waals surface area contributed by atoms with E-state index >= 15 is 0 Å². The number of hydrogen-bond donors (Lipinski definition) is 2. The van der Waals surface area contributed by atoms with Crippen LogP contribution in [0.15, 0.2) is 29.6 Å². The minimum Gasteiger partial charge on any atom is -0.388 e. The minimum atomic E-state index is -0.449. The summed E-state index contributed by atoms with van der Waals surface area (Å²) in [7, 11) is 0. The summed E-state index contributed by atoms with van der Waals surface area (Å²) in [6, 6.07) is 8.33. The van der Waals surface area contributed by atoms with Crippen molar-refractivity contribution in [3.63, 3.8) is 0 Å². The van der Waals surface area contributed by atoms with Gasteiger partial charge in [-0.2, -0.15) is 0 Å². The van der Waals surface area contributed by atoms with E-state index in [-0.39, 0.29) is 5.41 Å². The Morgan fingerprint density at radius 1 is 1.19 bits per heavy atom. The summed E-state index contributed by atoms with van der Waals surface area (Å²) in [5.74, 6) is 0. The topological polar surface area (TPSA) is 46.2 Å². The molecule has 1 aromatic heterocycles. The molecule has 1 heterocycles. The van der Waals surface area contributed by atoms with Crippen molar-refractivity contribution in [2.45, 2.75) is 45.6 Å². The Morgan fingerprint density at radius 2 is 1.86 bits per heavy atom. The zero-order chi connectivity index (χ0) is 15.1. The van der Waals surface area contributed by atoms with Crippen LogP contribution in [0.1, 0.15) is 51.2 Å². The average Bonchev–Trinajstić information content (AvgIpc) is 2.91. The molecule has 0 spiro atoms. The zero-order valence-electron chi connectivity index (χ0n) is 12.9. The Kier molecular flexibility index (Phi) is 3.85. The lowest BCUT2D eigenvalue weighted by Crippen LogP contribution is -2.41. The van der Waals surface area contributed by atoms with Crippen LogP contribution >= 0.6 is 11.3 Å². The average molecular weight is 303 g/mol. The molecular formula is C18H25NOS. The Hall–Kier alpha value is -0.900. The third-order valence-corrected chi connectivity index (χ3v) is 6.37. The van der Waals surface area contributed by atoms with Gasteiger partial charge >= 0.3 is 0 Å². The molecule has 1 fully saturated rings. The summed E-state index contributed by atoms with van der Waals surface area (Å²) in [6.07, 6.45) is 3.87. The van der Waals surface area contributed by atoms with E-state index in [4.69, 9.17) is 5.73 Å². The third-order valence-electron chi connectivity index (χ3n) is 5.39. The van der Waals surface area contributed by atoms with Gasteiger partial charge in [0.25, 0.3) is 0 Å². The lowest BCUT2D eigenvalue weighted by atomic mass is 9.62. The highest BCUT2D eigenvalue weighted by Crippen LogP contribution is 2.52. The first-order valence-corrected chi connectivity index (χ1v) is 8.70. The van der Waals surface area contributed by atoms with Crippen LogP contribution in [-0.2, 0) is 0 Å². The van der Waals surface area contributed by atoms with Crippen LogP contribution in [0.3, 0.4) is 0 Å². The third kappa shape index (κ3) is 2.63. The van der Waals surface area contributed by atoms with Gasteiger partial charge in [0.2, 0.25) is 0 Å². The first-order valence-electron chi connectivity index (χ1n) is 7.82. The van der Waals surface area contributed by atoms with Gasteiger partial charge in [0, 0.05) is 16.7 Å². The molecule has 1 aliphatic rings. The van der Waals surface area contributed by atoms with Gasteiger partial charge in [-0.15, -0.1) is 11.3 Å².